The molecule has 2 amide bonds. The molecule has 0 spiro atoms. The lowest BCUT2D eigenvalue weighted by Gasteiger charge is -2.10. The van der Waals surface area contributed by atoms with Gasteiger partial charge in [-0.05, 0) is 49.2 Å². The van der Waals surface area contributed by atoms with Crippen LogP contribution in [0.5, 0.6) is 5.75 Å². The second-order valence-corrected chi connectivity index (χ2v) is 5.25. The van der Waals surface area contributed by atoms with Gasteiger partial charge in [0.2, 0.25) is 5.91 Å². The van der Waals surface area contributed by atoms with Crippen LogP contribution < -0.4 is 15.4 Å². The molecule has 0 radical (unpaired) electrons. The Labute approximate surface area is 142 Å². The normalized spacial score (nSPS) is 10.1. The van der Waals surface area contributed by atoms with Gasteiger partial charge >= 0.3 is 0 Å². The molecule has 0 aliphatic carbocycles. The Kier molecular flexibility index (Phi) is 6.37. The predicted octanol–water partition coefficient (Wildman–Crippen LogP) is 3.02. The zero-order chi connectivity index (χ0) is 17.4. The average Bonchev–Trinajstić information content (AvgIpc) is 2.61. The maximum Gasteiger partial charge on any atom is 0.251 e. The van der Waals surface area contributed by atoms with Crippen molar-refractivity contribution in [3.63, 3.8) is 0 Å². The van der Waals surface area contributed by atoms with Gasteiger partial charge in [-0.3, -0.25) is 9.59 Å². The molecule has 0 atom stereocenters. The van der Waals surface area contributed by atoms with E-state index in [9.17, 15) is 9.59 Å². The molecule has 2 aromatic rings. The van der Waals surface area contributed by atoms with Gasteiger partial charge in [0, 0.05) is 24.7 Å². The van der Waals surface area contributed by atoms with E-state index >= 15 is 0 Å². The highest BCUT2D eigenvalue weighted by Crippen LogP contribution is 2.20. The molecule has 0 unspecified atom stereocenters. The van der Waals surface area contributed by atoms with Gasteiger partial charge in [-0.2, -0.15) is 0 Å². The molecule has 0 aromatic heterocycles. The number of aryl methyl sites for hydroxylation is 1. The summed E-state index contributed by atoms with van der Waals surface area (Å²) in [6.45, 7) is 2.53. The highest BCUT2D eigenvalue weighted by Gasteiger charge is 2.08. The fraction of sp³-hybridized carbons (Fsp3) is 0.263. The largest absolute Gasteiger partial charge is 0.494 e. The van der Waals surface area contributed by atoms with E-state index in [4.69, 9.17) is 4.74 Å². The molecule has 24 heavy (non-hydrogen) atoms. The van der Waals surface area contributed by atoms with Crippen molar-refractivity contribution in [2.24, 2.45) is 0 Å². The molecule has 126 valence electrons. The second-order valence-electron chi connectivity index (χ2n) is 5.25. The fourth-order valence-corrected chi connectivity index (χ4v) is 2.33. The minimum Gasteiger partial charge on any atom is -0.494 e. The monoisotopic (exact) mass is 326 g/mol. The Morgan fingerprint density at radius 2 is 1.75 bits per heavy atom. The van der Waals surface area contributed by atoms with Crippen molar-refractivity contribution < 1.29 is 14.3 Å². The second kappa shape index (κ2) is 8.72. The van der Waals surface area contributed by atoms with E-state index in [2.05, 4.69) is 10.6 Å². The van der Waals surface area contributed by atoms with Gasteiger partial charge in [0.25, 0.3) is 5.91 Å². The Balaban J connectivity index is 1.91. The van der Waals surface area contributed by atoms with Crippen LogP contribution in [0.25, 0.3) is 0 Å². The van der Waals surface area contributed by atoms with Gasteiger partial charge in [-0.1, -0.05) is 18.2 Å². The van der Waals surface area contributed by atoms with E-state index in [0.29, 0.717) is 30.7 Å². The van der Waals surface area contributed by atoms with E-state index < -0.39 is 0 Å². The number of hydrogen-bond acceptors (Lipinski definition) is 3. The first kappa shape index (κ1) is 17.5. The van der Waals surface area contributed by atoms with Crippen molar-refractivity contribution in [2.45, 2.75) is 19.8 Å². The Morgan fingerprint density at radius 1 is 1.04 bits per heavy atom. The molecule has 5 heteroatoms. The minimum atomic E-state index is -0.152. The van der Waals surface area contributed by atoms with E-state index in [1.807, 2.05) is 31.2 Å². The third-order valence-corrected chi connectivity index (χ3v) is 3.55. The number of ether oxygens (including phenoxy) is 1. The van der Waals surface area contributed by atoms with Gasteiger partial charge in [-0.25, -0.2) is 0 Å². The molecule has 2 aromatic carbocycles. The summed E-state index contributed by atoms with van der Waals surface area (Å²) in [7, 11) is 1.58. The number of nitrogens with one attached hydrogen (secondary N) is 2. The Bertz CT molecular complexity index is 696. The zero-order valence-corrected chi connectivity index (χ0v) is 14.0. The van der Waals surface area contributed by atoms with E-state index in [1.54, 1.807) is 31.3 Å². The summed E-state index contributed by atoms with van der Waals surface area (Å²) < 4.78 is 5.56. The maximum absolute atomic E-state index is 12.1. The zero-order valence-electron chi connectivity index (χ0n) is 14.0. The van der Waals surface area contributed by atoms with Gasteiger partial charge in [0.15, 0.2) is 0 Å². The maximum atomic E-state index is 12.1. The number of carbonyl (C=O) groups excluding carboxylic acids is 2. The molecular weight excluding hydrogens is 304 g/mol. The van der Waals surface area contributed by atoms with E-state index in [-0.39, 0.29) is 11.8 Å². The van der Waals surface area contributed by atoms with Gasteiger partial charge in [-0.15, -0.1) is 0 Å². The van der Waals surface area contributed by atoms with Crippen molar-refractivity contribution in [1.82, 2.24) is 5.32 Å². The van der Waals surface area contributed by atoms with Crippen LogP contribution in [0.15, 0.2) is 48.5 Å². The van der Waals surface area contributed by atoms with Crippen LogP contribution in [-0.4, -0.2) is 25.5 Å². The van der Waals surface area contributed by atoms with Crippen LogP contribution in [0.2, 0.25) is 0 Å². The molecule has 2 rings (SSSR count). The lowest BCUT2D eigenvalue weighted by Crippen LogP contribution is -2.18. The first-order valence-corrected chi connectivity index (χ1v) is 7.96. The van der Waals surface area contributed by atoms with Crippen LogP contribution in [0.3, 0.4) is 0 Å². The number of anilines is 1. The van der Waals surface area contributed by atoms with Crippen molar-refractivity contribution in [3.05, 3.63) is 59.7 Å². The highest BCUT2D eigenvalue weighted by atomic mass is 16.5. The number of hydrogen-bond donors (Lipinski definition) is 2. The third kappa shape index (κ3) is 4.84. The number of amides is 2. The van der Waals surface area contributed by atoms with Crippen LogP contribution in [0.4, 0.5) is 5.69 Å². The van der Waals surface area contributed by atoms with Gasteiger partial charge in [0.05, 0.1) is 6.61 Å². The molecule has 0 saturated heterocycles. The van der Waals surface area contributed by atoms with E-state index in [1.165, 1.54) is 0 Å². The topological polar surface area (TPSA) is 67.4 Å². The quantitative estimate of drug-likeness (QED) is 0.822. The molecule has 5 nitrogen and oxygen atoms in total. The van der Waals surface area contributed by atoms with Crippen molar-refractivity contribution in [3.8, 4) is 5.75 Å². The van der Waals surface area contributed by atoms with Crippen LogP contribution in [0, 0.1) is 0 Å². The van der Waals surface area contributed by atoms with Crippen molar-refractivity contribution in [1.29, 1.82) is 0 Å². The van der Waals surface area contributed by atoms with Gasteiger partial charge < -0.3 is 15.4 Å². The van der Waals surface area contributed by atoms with Crippen LogP contribution in [-0.2, 0) is 11.2 Å². The summed E-state index contributed by atoms with van der Waals surface area (Å²) in [5, 5.41) is 5.39. The van der Waals surface area contributed by atoms with Gasteiger partial charge in [0.1, 0.15) is 5.75 Å². The molecule has 0 heterocycles. The summed E-state index contributed by atoms with van der Waals surface area (Å²) in [6.07, 6.45) is 0.972. The number of carbonyl (C=O) groups is 2. The molecule has 0 bridgehead atoms. The van der Waals surface area contributed by atoms with Crippen molar-refractivity contribution >= 4 is 17.5 Å². The predicted molar refractivity (Wildman–Crippen MR) is 94.4 cm³/mol. The molecule has 0 aliphatic heterocycles. The molecular formula is C19H22N2O3. The number of rotatable bonds is 7. The number of benzene rings is 2. The van der Waals surface area contributed by atoms with E-state index in [0.717, 1.165) is 11.3 Å². The average molecular weight is 326 g/mol. The first-order chi connectivity index (χ1) is 11.6. The lowest BCUT2D eigenvalue weighted by molar-refractivity contribution is -0.116. The lowest BCUT2D eigenvalue weighted by atomic mass is 10.1. The summed E-state index contributed by atoms with van der Waals surface area (Å²) in [6, 6.07) is 14.5. The summed E-state index contributed by atoms with van der Waals surface area (Å²) in [5.41, 5.74) is 2.25. The standard InChI is InChI=1S/C19H22N2O3/c1-3-24-17-7-5-4-6-14(17)10-13-18(22)21-16-11-8-15(9-12-16)19(23)20-2/h4-9,11-12H,3,10,13H2,1-2H3,(H,20,23)(H,21,22). The molecule has 0 aliphatic rings. The number of para-hydroxylation sites is 1. The first-order valence-electron chi connectivity index (χ1n) is 7.96. The SMILES string of the molecule is CCOc1ccccc1CCC(=O)Nc1ccc(C(=O)NC)cc1. The fourth-order valence-electron chi connectivity index (χ4n) is 2.33. The summed E-state index contributed by atoms with van der Waals surface area (Å²) >= 11 is 0. The van der Waals surface area contributed by atoms with Crippen LogP contribution in [0.1, 0.15) is 29.3 Å². The molecule has 2 N–H and O–H groups in total. The molecule has 0 fully saturated rings. The Morgan fingerprint density at radius 3 is 2.42 bits per heavy atom. The van der Waals surface area contributed by atoms with Crippen molar-refractivity contribution in [2.75, 3.05) is 19.0 Å². The third-order valence-electron chi connectivity index (χ3n) is 3.55. The summed E-state index contributed by atoms with van der Waals surface area (Å²) in [4.78, 5) is 23.6. The minimum absolute atomic E-state index is 0.0750. The highest BCUT2D eigenvalue weighted by molar-refractivity contribution is 5.95. The molecule has 0 saturated carbocycles. The smallest absolute Gasteiger partial charge is 0.251 e. The summed E-state index contributed by atoms with van der Waals surface area (Å²) in [5.74, 6) is 0.595. The Hall–Kier alpha value is -2.82. The van der Waals surface area contributed by atoms with Crippen LogP contribution >= 0.6 is 0 Å².